The van der Waals surface area contributed by atoms with Crippen LogP contribution in [0.2, 0.25) is 0 Å². The molecule has 0 saturated carbocycles. The molecule has 0 aromatic rings. The molecule has 4 nitrogen and oxygen atoms in total. The number of halogens is 1. The van der Waals surface area contributed by atoms with E-state index < -0.39 is 11.8 Å². The van der Waals surface area contributed by atoms with Crippen molar-refractivity contribution >= 4 is 29.0 Å². The Morgan fingerprint density at radius 2 is 2.46 bits per heavy atom. The van der Waals surface area contributed by atoms with E-state index in [2.05, 4.69) is 0 Å². The number of hydrogen-bond acceptors (Lipinski definition) is 3. The summed E-state index contributed by atoms with van der Waals surface area (Å²) in [5, 5.41) is 8.65. The van der Waals surface area contributed by atoms with Gasteiger partial charge in [-0.25, -0.2) is 4.79 Å². The minimum absolute atomic E-state index is 0.265. The molecule has 0 aromatic heterocycles. The van der Waals surface area contributed by atoms with E-state index in [1.807, 2.05) is 0 Å². The first kappa shape index (κ1) is 10.7. The van der Waals surface area contributed by atoms with Crippen LogP contribution in [-0.4, -0.2) is 24.0 Å². The molecule has 0 fully saturated rings. The Bertz CT molecular complexity index is 265. The highest BCUT2D eigenvalue weighted by molar-refractivity contribution is 14.1. The number of carboxylic acid groups (broad SMARTS) is 1. The number of carbonyl (C=O) groups is 1. The first-order valence-electron chi connectivity index (χ1n) is 3.61. The van der Waals surface area contributed by atoms with Gasteiger partial charge in [0.15, 0.2) is 0 Å². The van der Waals surface area contributed by atoms with Crippen molar-refractivity contribution in [3.8, 4) is 0 Å². The lowest BCUT2D eigenvalue weighted by Gasteiger charge is -2.26. The molecule has 5 heteroatoms. The van der Waals surface area contributed by atoms with Crippen LogP contribution in [0.25, 0.3) is 0 Å². The highest BCUT2D eigenvalue weighted by Crippen LogP contribution is 2.27. The minimum atomic E-state index is -0.936. The van der Waals surface area contributed by atoms with E-state index in [9.17, 15) is 4.79 Å². The minimum Gasteiger partial charge on any atom is -0.478 e. The molecule has 1 rings (SSSR count). The highest BCUT2D eigenvalue weighted by Gasteiger charge is 2.29. The second-order valence-corrected chi connectivity index (χ2v) is 3.04. The van der Waals surface area contributed by atoms with Gasteiger partial charge in [-0.3, -0.25) is 3.07 Å². The second-order valence-electron chi connectivity index (χ2n) is 2.60. The number of hydrogen-bond donors (Lipinski definition) is 1. The van der Waals surface area contributed by atoms with Crippen molar-refractivity contribution < 1.29 is 17.7 Å². The van der Waals surface area contributed by atoms with Crippen LogP contribution in [0.4, 0.5) is 0 Å². The Balaban J connectivity index is 2.77. The fraction of sp³-hybridized carbons (Fsp3) is 0.375. The summed E-state index contributed by atoms with van der Waals surface area (Å²) in [5.74, 6) is -1.74. The molecule has 0 saturated heterocycles. The maximum absolute atomic E-state index is 10.5. The molecule has 1 unspecified atom stereocenters. The Kier molecular flexibility index (Phi) is 3.46. The van der Waals surface area contributed by atoms with Crippen LogP contribution >= 0.6 is 23.0 Å². The van der Waals surface area contributed by atoms with Crippen molar-refractivity contribution in [1.29, 1.82) is 0 Å². The monoisotopic (exact) mass is 296 g/mol. The summed E-state index contributed by atoms with van der Waals surface area (Å²) >= 11 is 1.73. The standard InChI is InChI=1S/C8H9IO4/c1-12-8(13-9)4-2-6(3-5-8)7(10)11/h2-4H,5H2,1H3,(H,10,11). The van der Waals surface area contributed by atoms with E-state index in [-0.39, 0.29) is 5.57 Å². The predicted octanol–water partition coefficient (Wildman–Crippen LogP) is 1.67. The zero-order chi connectivity index (χ0) is 9.90. The molecule has 0 spiro atoms. The van der Waals surface area contributed by atoms with Crippen LogP contribution in [-0.2, 0) is 12.6 Å². The molecule has 0 bridgehead atoms. The first-order valence-corrected chi connectivity index (χ1v) is 4.49. The van der Waals surface area contributed by atoms with Crippen molar-refractivity contribution in [2.75, 3.05) is 7.11 Å². The maximum atomic E-state index is 10.5. The summed E-state index contributed by atoms with van der Waals surface area (Å²) in [6, 6.07) is 0. The molecule has 0 aliphatic heterocycles. The summed E-state index contributed by atoms with van der Waals surface area (Å²) in [7, 11) is 1.52. The molecule has 1 atom stereocenters. The van der Waals surface area contributed by atoms with E-state index in [1.54, 1.807) is 35.2 Å². The largest absolute Gasteiger partial charge is 0.478 e. The molecular formula is C8H9IO4. The fourth-order valence-electron chi connectivity index (χ4n) is 1.00. The third-order valence-electron chi connectivity index (χ3n) is 1.85. The maximum Gasteiger partial charge on any atom is 0.335 e. The lowest BCUT2D eigenvalue weighted by molar-refractivity contribution is -0.132. The van der Waals surface area contributed by atoms with Crippen LogP contribution in [0.3, 0.4) is 0 Å². The van der Waals surface area contributed by atoms with E-state index in [0.29, 0.717) is 6.42 Å². The normalized spacial score (nSPS) is 27.1. The van der Waals surface area contributed by atoms with Gasteiger partial charge in [-0.2, -0.15) is 0 Å². The summed E-state index contributed by atoms with van der Waals surface area (Å²) in [6.07, 6.45) is 5.06. The average Bonchev–Trinajstić information content (AvgIpc) is 2.18. The molecule has 0 radical (unpaired) electrons. The summed E-state index contributed by atoms with van der Waals surface area (Å²) in [4.78, 5) is 10.5. The van der Waals surface area contributed by atoms with Gasteiger partial charge in [-0.1, -0.05) is 6.08 Å². The summed E-state index contributed by atoms with van der Waals surface area (Å²) in [6.45, 7) is 0. The molecular weight excluding hydrogens is 287 g/mol. The van der Waals surface area contributed by atoms with E-state index in [0.717, 1.165) is 0 Å². The SMILES string of the molecule is COC1(OI)C=CC(C(=O)O)=CC1. The van der Waals surface area contributed by atoms with Crippen molar-refractivity contribution in [3.63, 3.8) is 0 Å². The van der Waals surface area contributed by atoms with Gasteiger partial charge in [-0.05, 0) is 12.2 Å². The number of ether oxygens (including phenoxy) is 1. The van der Waals surface area contributed by atoms with E-state index in [4.69, 9.17) is 12.9 Å². The molecule has 72 valence electrons. The molecule has 0 aromatic carbocycles. The fourth-order valence-corrected chi connectivity index (χ4v) is 1.51. The van der Waals surface area contributed by atoms with Gasteiger partial charge in [-0.15, -0.1) is 0 Å². The van der Waals surface area contributed by atoms with Crippen LogP contribution in [0.15, 0.2) is 23.8 Å². The molecule has 1 N–H and O–H groups in total. The lowest BCUT2D eigenvalue weighted by atomic mass is 10.0. The second kappa shape index (κ2) is 4.21. The predicted molar refractivity (Wildman–Crippen MR) is 54.3 cm³/mol. The zero-order valence-electron chi connectivity index (χ0n) is 6.99. The summed E-state index contributed by atoms with van der Waals surface area (Å²) in [5.41, 5.74) is 0.265. The zero-order valence-corrected chi connectivity index (χ0v) is 9.15. The number of carboxylic acids is 1. The van der Waals surface area contributed by atoms with E-state index in [1.165, 1.54) is 13.2 Å². The van der Waals surface area contributed by atoms with Crippen LogP contribution in [0.1, 0.15) is 6.42 Å². The quantitative estimate of drug-likeness (QED) is 0.636. The van der Waals surface area contributed by atoms with Crippen molar-refractivity contribution in [2.45, 2.75) is 12.2 Å². The molecule has 13 heavy (non-hydrogen) atoms. The van der Waals surface area contributed by atoms with Crippen LogP contribution in [0.5, 0.6) is 0 Å². The van der Waals surface area contributed by atoms with Crippen molar-refractivity contribution in [3.05, 3.63) is 23.8 Å². The number of methoxy groups -OCH3 is 1. The van der Waals surface area contributed by atoms with Gasteiger partial charge in [0.2, 0.25) is 5.79 Å². The number of rotatable bonds is 3. The van der Waals surface area contributed by atoms with Gasteiger partial charge in [0.1, 0.15) is 23.0 Å². The Morgan fingerprint density at radius 3 is 2.77 bits per heavy atom. The number of aliphatic carboxylic acids is 1. The molecule has 1 aliphatic carbocycles. The third kappa shape index (κ3) is 2.29. The Labute approximate surface area is 89.9 Å². The van der Waals surface area contributed by atoms with Gasteiger partial charge in [0.25, 0.3) is 0 Å². The molecule has 0 amide bonds. The van der Waals surface area contributed by atoms with Gasteiger partial charge in [0, 0.05) is 13.5 Å². The van der Waals surface area contributed by atoms with Crippen LogP contribution in [0, 0.1) is 0 Å². The Hall–Kier alpha value is -0.400. The van der Waals surface area contributed by atoms with Gasteiger partial charge < -0.3 is 9.84 Å². The highest BCUT2D eigenvalue weighted by atomic mass is 127. The first-order chi connectivity index (χ1) is 6.13. The third-order valence-corrected chi connectivity index (χ3v) is 2.59. The van der Waals surface area contributed by atoms with Crippen molar-refractivity contribution in [2.24, 2.45) is 0 Å². The lowest BCUT2D eigenvalue weighted by Crippen LogP contribution is -2.30. The van der Waals surface area contributed by atoms with Gasteiger partial charge >= 0.3 is 5.97 Å². The Morgan fingerprint density at radius 1 is 1.77 bits per heavy atom. The van der Waals surface area contributed by atoms with Crippen molar-refractivity contribution in [1.82, 2.24) is 0 Å². The molecule has 0 heterocycles. The average molecular weight is 296 g/mol. The van der Waals surface area contributed by atoms with Crippen LogP contribution < -0.4 is 0 Å². The van der Waals surface area contributed by atoms with E-state index >= 15 is 0 Å². The topological polar surface area (TPSA) is 55.8 Å². The van der Waals surface area contributed by atoms with Gasteiger partial charge in [0.05, 0.1) is 5.57 Å². The summed E-state index contributed by atoms with van der Waals surface area (Å²) < 4.78 is 10.2. The smallest absolute Gasteiger partial charge is 0.335 e. The molecule has 1 aliphatic rings.